The number of fused-ring (bicyclic) bond motifs is 1. The van der Waals surface area contributed by atoms with Crippen molar-refractivity contribution in [3.8, 4) is 0 Å². The van der Waals surface area contributed by atoms with Crippen LogP contribution in [0.25, 0.3) is 0 Å². The molecule has 2 atom stereocenters. The summed E-state index contributed by atoms with van der Waals surface area (Å²) in [5, 5.41) is 0. The quantitative estimate of drug-likeness (QED) is 0.856. The Balaban J connectivity index is 0.00000120. The molecule has 0 spiro atoms. The van der Waals surface area contributed by atoms with E-state index in [1.54, 1.807) is 11.8 Å². The van der Waals surface area contributed by atoms with Gasteiger partial charge in [-0.3, -0.25) is 4.79 Å². The van der Waals surface area contributed by atoms with Gasteiger partial charge in [-0.25, -0.2) is 0 Å². The molecule has 0 aliphatic carbocycles. The van der Waals surface area contributed by atoms with Gasteiger partial charge in [0.1, 0.15) is 0 Å². The summed E-state index contributed by atoms with van der Waals surface area (Å²) in [4.78, 5) is 15.6. The van der Waals surface area contributed by atoms with Crippen molar-refractivity contribution >= 4 is 30.1 Å². The molecule has 1 aromatic carbocycles. The fourth-order valence-electron chi connectivity index (χ4n) is 2.57. The summed E-state index contributed by atoms with van der Waals surface area (Å²) in [6.45, 7) is 1.55. The number of likely N-dealkylation sites (tertiary alicyclic amines) is 1. The van der Waals surface area contributed by atoms with Gasteiger partial charge in [-0.2, -0.15) is 0 Å². The number of thioether (sulfide) groups is 1. The highest BCUT2D eigenvalue weighted by molar-refractivity contribution is 7.99. The Kier molecular flexibility index (Phi) is 4.20. The Bertz CT molecular complexity index is 454. The molecule has 2 heterocycles. The molecule has 2 N–H and O–H groups in total. The SMILES string of the molecule is Cl.N[C@@H]1CCN(C(=O)C2CSc3ccccc32)C1. The average Bonchev–Trinajstić information content (AvgIpc) is 2.94. The lowest BCUT2D eigenvalue weighted by atomic mass is 10.00. The molecular formula is C13H17ClN2OS. The van der Waals surface area contributed by atoms with Crippen LogP contribution in [0, 0.1) is 0 Å². The molecule has 1 amide bonds. The van der Waals surface area contributed by atoms with Crippen molar-refractivity contribution < 1.29 is 4.79 Å². The van der Waals surface area contributed by atoms with Gasteiger partial charge in [0.15, 0.2) is 0 Å². The maximum Gasteiger partial charge on any atom is 0.231 e. The number of halogens is 1. The summed E-state index contributed by atoms with van der Waals surface area (Å²) in [7, 11) is 0. The topological polar surface area (TPSA) is 46.3 Å². The largest absolute Gasteiger partial charge is 0.341 e. The van der Waals surface area contributed by atoms with Crippen LogP contribution >= 0.6 is 24.2 Å². The van der Waals surface area contributed by atoms with Gasteiger partial charge in [0.05, 0.1) is 5.92 Å². The summed E-state index contributed by atoms with van der Waals surface area (Å²) < 4.78 is 0. The Labute approximate surface area is 118 Å². The third-order valence-electron chi connectivity index (χ3n) is 3.53. The van der Waals surface area contributed by atoms with Crippen LogP contribution in [0.4, 0.5) is 0 Å². The Morgan fingerprint density at radius 3 is 2.89 bits per heavy atom. The van der Waals surface area contributed by atoms with Crippen molar-refractivity contribution in [3.63, 3.8) is 0 Å². The van der Waals surface area contributed by atoms with Crippen molar-refractivity contribution in [2.75, 3.05) is 18.8 Å². The van der Waals surface area contributed by atoms with E-state index in [1.807, 2.05) is 17.0 Å². The zero-order valence-corrected chi connectivity index (χ0v) is 11.7. The standard InChI is InChI=1S/C13H16N2OS.ClH/c14-9-5-6-15(7-9)13(16)11-8-17-12-4-2-1-3-10(11)12;/h1-4,9,11H,5-8,14H2;1H/t9-,11?;/m1./s1. The third-order valence-corrected chi connectivity index (χ3v) is 4.72. The highest BCUT2D eigenvalue weighted by Crippen LogP contribution is 2.40. The third kappa shape index (κ3) is 2.37. The molecule has 1 unspecified atom stereocenters. The second-order valence-electron chi connectivity index (χ2n) is 4.73. The molecule has 3 nitrogen and oxygen atoms in total. The lowest BCUT2D eigenvalue weighted by Gasteiger charge is -2.20. The van der Waals surface area contributed by atoms with Gasteiger partial charge >= 0.3 is 0 Å². The highest BCUT2D eigenvalue weighted by atomic mass is 35.5. The molecule has 0 bridgehead atoms. The minimum Gasteiger partial charge on any atom is -0.341 e. The summed E-state index contributed by atoms with van der Waals surface area (Å²) in [6.07, 6.45) is 0.938. The molecule has 1 aromatic rings. The number of rotatable bonds is 1. The predicted molar refractivity (Wildman–Crippen MR) is 76.3 cm³/mol. The van der Waals surface area contributed by atoms with Gasteiger partial charge in [-0.1, -0.05) is 18.2 Å². The first-order valence-corrected chi connectivity index (χ1v) is 7.00. The van der Waals surface area contributed by atoms with Gasteiger partial charge in [0, 0.05) is 29.8 Å². The van der Waals surface area contributed by atoms with Crippen LogP contribution in [0.5, 0.6) is 0 Å². The van der Waals surface area contributed by atoms with Crippen molar-refractivity contribution in [1.82, 2.24) is 4.90 Å². The number of nitrogens with two attached hydrogens (primary N) is 1. The molecule has 98 valence electrons. The van der Waals surface area contributed by atoms with Crippen molar-refractivity contribution in [2.24, 2.45) is 5.73 Å². The van der Waals surface area contributed by atoms with Gasteiger partial charge < -0.3 is 10.6 Å². The van der Waals surface area contributed by atoms with Crippen molar-refractivity contribution in [3.05, 3.63) is 29.8 Å². The maximum absolute atomic E-state index is 12.4. The molecule has 0 saturated carbocycles. The maximum atomic E-state index is 12.4. The molecular weight excluding hydrogens is 268 g/mol. The molecule has 2 aliphatic heterocycles. The molecule has 0 radical (unpaired) electrons. The van der Waals surface area contributed by atoms with E-state index in [2.05, 4.69) is 12.1 Å². The molecule has 0 aromatic heterocycles. The highest BCUT2D eigenvalue weighted by Gasteiger charge is 2.34. The summed E-state index contributed by atoms with van der Waals surface area (Å²) in [6, 6.07) is 8.39. The first-order valence-electron chi connectivity index (χ1n) is 6.02. The van der Waals surface area contributed by atoms with E-state index in [0.717, 1.165) is 25.3 Å². The fourth-order valence-corrected chi connectivity index (χ4v) is 3.80. The summed E-state index contributed by atoms with van der Waals surface area (Å²) >= 11 is 1.79. The number of hydrogen-bond donors (Lipinski definition) is 1. The molecule has 2 aliphatic rings. The first-order chi connectivity index (χ1) is 8.25. The molecule has 3 rings (SSSR count). The minimum atomic E-state index is 0. The lowest BCUT2D eigenvalue weighted by Crippen LogP contribution is -2.35. The van der Waals surface area contributed by atoms with Crippen LogP contribution in [0.3, 0.4) is 0 Å². The average molecular weight is 285 g/mol. The number of carbonyl (C=O) groups is 1. The van der Waals surface area contributed by atoms with E-state index in [1.165, 1.54) is 10.5 Å². The number of carbonyl (C=O) groups excluding carboxylic acids is 1. The molecule has 1 fully saturated rings. The zero-order chi connectivity index (χ0) is 11.8. The van der Waals surface area contributed by atoms with E-state index < -0.39 is 0 Å². The minimum absolute atomic E-state index is 0. The van der Waals surface area contributed by atoms with E-state index >= 15 is 0 Å². The fraction of sp³-hybridized carbons (Fsp3) is 0.462. The van der Waals surface area contributed by atoms with Crippen molar-refractivity contribution in [1.29, 1.82) is 0 Å². The van der Waals surface area contributed by atoms with Gasteiger partial charge in [0.2, 0.25) is 5.91 Å². The number of amides is 1. The van der Waals surface area contributed by atoms with Gasteiger partial charge in [-0.05, 0) is 18.1 Å². The Hall–Kier alpha value is -0.710. The number of hydrogen-bond acceptors (Lipinski definition) is 3. The monoisotopic (exact) mass is 284 g/mol. The van der Waals surface area contributed by atoms with E-state index in [4.69, 9.17) is 5.73 Å². The second-order valence-corrected chi connectivity index (χ2v) is 5.80. The molecule has 5 heteroatoms. The van der Waals surface area contributed by atoms with Crippen LogP contribution in [-0.4, -0.2) is 35.7 Å². The van der Waals surface area contributed by atoms with E-state index in [0.29, 0.717) is 0 Å². The van der Waals surface area contributed by atoms with Crippen LogP contribution in [0.1, 0.15) is 17.9 Å². The summed E-state index contributed by atoms with van der Waals surface area (Å²) in [5.74, 6) is 1.18. The second kappa shape index (κ2) is 5.51. The molecule has 18 heavy (non-hydrogen) atoms. The Morgan fingerprint density at radius 2 is 2.17 bits per heavy atom. The van der Waals surface area contributed by atoms with Crippen molar-refractivity contribution in [2.45, 2.75) is 23.3 Å². The van der Waals surface area contributed by atoms with E-state index in [9.17, 15) is 4.79 Å². The lowest BCUT2D eigenvalue weighted by molar-refractivity contribution is -0.131. The van der Waals surface area contributed by atoms with Crippen LogP contribution < -0.4 is 5.73 Å². The number of benzene rings is 1. The number of nitrogens with zero attached hydrogens (tertiary/aromatic N) is 1. The van der Waals surface area contributed by atoms with Crippen LogP contribution in [0.15, 0.2) is 29.2 Å². The van der Waals surface area contributed by atoms with E-state index in [-0.39, 0.29) is 30.3 Å². The Morgan fingerprint density at radius 1 is 1.39 bits per heavy atom. The van der Waals surface area contributed by atoms with Gasteiger partial charge in [0.25, 0.3) is 0 Å². The zero-order valence-electron chi connectivity index (χ0n) is 10.0. The first kappa shape index (κ1) is 13.7. The predicted octanol–water partition coefficient (Wildman–Crippen LogP) is 1.86. The summed E-state index contributed by atoms with van der Waals surface area (Å²) in [5.41, 5.74) is 7.05. The smallest absolute Gasteiger partial charge is 0.231 e. The molecule has 1 saturated heterocycles. The van der Waals surface area contributed by atoms with Crippen LogP contribution in [0.2, 0.25) is 0 Å². The van der Waals surface area contributed by atoms with Crippen LogP contribution in [-0.2, 0) is 4.79 Å². The normalized spacial score (nSPS) is 25.7. The van der Waals surface area contributed by atoms with Gasteiger partial charge in [-0.15, -0.1) is 24.2 Å².